The molecule has 0 spiro atoms. The number of hydrogen-bond acceptors (Lipinski definition) is 4. The zero-order valence-corrected chi connectivity index (χ0v) is 14.2. The number of carbonyl (C=O) groups is 1. The monoisotopic (exact) mass is 330 g/mol. The highest BCUT2D eigenvalue weighted by molar-refractivity contribution is 5.73. The van der Waals surface area contributed by atoms with Gasteiger partial charge in [0, 0.05) is 23.9 Å². The van der Waals surface area contributed by atoms with Gasteiger partial charge in [0.1, 0.15) is 5.75 Å². The minimum absolute atomic E-state index is 0.212. The first kappa shape index (κ1) is 16.3. The molecule has 0 aliphatic carbocycles. The van der Waals surface area contributed by atoms with Gasteiger partial charge >= 0.3 is 6.03 Å². The molecule has 1 aromatic carbocycles. The van der Waals surface area contributed by atoms with Crippen LogP contribution in [0.15, 0.2) is 24.3 Å². The summed E-state index contributed by atoms with van der Waals surface area (Å²) in [5.41, 5.74) is 9.25. The molecule has 1 fully saturated rings. The molecule has 7 heteroatoms. The van der Waals surface area contributed by atoms with E-state index in [1.807, 2.05) is 42.8 Å². The lowest BCUT2D eigenvalue weighted by molar-refractivity contribution is 0.0133. The van der Waals surface area contributed by atoms with E-state index in [-0.39, 0.29) is 6.04 Å². The Kier molecular flexibility index (Phi) is 4.44. The number of primary amides is 1. The Morgan fingerprint density at radius 2 is 2.21 bits per heavy atom. The van der Waals surface area contributed by atoms with Gasteiger partial charge in [0.05, 0.1) is 37.7 Å². The van der Waals surface area contributed by atoms with Crippen LogP contribution in [-0.4, -0.2) is 47.6 Å². The van der Waals surface area contributed by atoms with Gasteiger partial charge < -0.3 is 20.1 Å². The SMILES string of the molecule is COc1cccc(-n2nc(C)c([C@@H]3COCCN3C(N)=O)c2C)c1. The fourth-order valence-corrected chi connectivity index (χ4v) is 3.24. The second kappa shape index (κ2) is 6.52. The number of hydrogen-bond donors (Lipinski definition) is 1. The fourth-order valence-electron chi connectivity index (χ4n) is 3.24. The van der Waals surface area contributed by atoms with Crippen LogP contribution in [0.3, 0.4) is 0 Å². The standard InChI is InChI=1S/C17H22N4O3/c1-11-16(15-10-24-8-7-20(15)17(18)22)12(2)21(19-11)13-5-4-6-14(9-13)23-3/h4-6,9,15H,7-8,10H2,1-3H3,(H2,18,22)/t15-/m0/s1. The molecule has 1 aromatic heterocycles. The molecule has 2 amide bonds. The van der Waals surface area contributed by atoms with Crippen LogP contribution in [0, 0.1) is 13.8 Å². The molecule has 1 saturated heterocycles. The van der Waals surface area contributed by atoms with Crippen LogP contribution in [0.2, 0.25) is 0 Å². The number of aryl methyl sites for hydroxylation is 1. The van der Waals surface area contributed by atoms with Gasteiger partial charge in [-0.25, -0.2) is 9.48 Å². The second-order valence-corrected chi connectivity index (χ2v) is 5.82. The summed E-state index contributed by atoms with van der Waals surface area (Å²) in [6.07, 6.45) is 0. The number of ether oxygens (including phenoxy) is 2. The molecular formula is C17H22N4O3. The van der Waals surface area contributed by atoms with Gasteiger partial charge in [-0.3, -0.25) is 0 Å². The average molecular weight is 330 g/mol. The highest BCUT2D eigenvalue weighted by Gasteiger charge is 2.31. The van der Waals surface area contributed by atoms with Crippen molar-refractivity contribution in [3.8, 4) is 11.4 Å². The Labute approximate surface area is 140 Å². The van der Waals surface area contributed by atoms with Crippen LogP contribution in [0.1, 0.15) is 23.0 Å². The van der Waals surface area contributed by atoms with Crippen molar-refractivity contribution in [2.24, 2.45) is 5.73 Å². The molecule has 0 saturated carbocycles. The highest BCUT2D eigenvalue weighted by Crippen LogP contribution is 2.31. The van der Waals surface area contributed by atoms with Gasteiger partial charge in [-0.1, -0.05) is 6.07 Å². The molecule has 1 aliphatic heterocycles. The van der Waals surface area contributed by atoms with E-state index in [1.54, 1.807) is 12.0 Å². The van der Waals surface area contributed by atoms with Crippen molar-refractivity contribution in [3.63, 3.8) is 0 Å². The number of benzene rings is 1. The number of urea groups is 1. The van der Waals surface area contributed by atoms with Gasteiger partial charge in [-0.05, 0) is 26.0 Å². The normalized spacial score (nSPS) is 17.8. The van der Waals surface area contributed by atoms with Crippen molar-refractivity contribution in [2.45, 2.75) is 19.9 Å². The summed E-state index contributed by atoms with van der Waals surface area (Å²) in [5, 5.41) is 4.65. The first-order valence-corrected chi connectivity index (χ1v) is 7.87. The summed E-state index contributed by atoms with van der Waals surface area (Å²) in [4.78, 5) is 13.4. The molecule has 2 heterocycles. The van der Waals surface area contributed by atoms with Crippen molar-refractivity contribution < 1.29 is 14.3 Å². The maximum atomic E-state index is 11.8. The van der Waals surface area contributed by atoms with Crippen molar-refractivity contribution >= 4 is 6.03 Å². The number of amides is 2. The maximum absolute atomic E-state index is 11.8. The van der Waals surface area contributed by atoms with E-state index in [1.165, 1.54) is 0 Å². The summed E-state index contributed by atoms with van der Waals surface area (Å²) < 4.78 is 12.7. The van der Waals surface area contributed by atoms with Crippen LogP contribution >= 0.6 is 0 Å². The molecule has 128 valence electrons. The molecular weight excluding hydrogens is 308 g/mol. The van der Waals surface area contributed by atoms with E-state index in [9.17, 15) is 4.79 Å². The summed E-state index contributed by atoms with van der Waals surface area (Å²) >= 11 is 0. The molecule has 0 radical (unpaired) electrons. The first-order chi connectivity index (χ1) is 11.5. The number of methoxy groups -OCH3 is 1. The topological polar surface area (TPSA) is 82.6 Å². The largest absolute Gasteiger partial charge is 0.497 e. The predicted octanol–water partition coefficient (Wildman–Crippen LogP) is 1.95. The molecule has 1 atom stereocenters. The number of aromatic nitrogens is 2. The summed E-state index contributed by atoms with van der Waals surface area (Å²) in [5.74, 6) is 0.765. The number of carbonyl (C=O) groups excluding carboxylic acids is 1. The zero-order chi connectivity index (χ0) is 17.3. The minimum Gasteiger partial charge on any atom is -0.497 e. The minimum atomic E-state index is -0.434. The van der Waals surface area contributed by atoms with E-state index in [0.717, 1.165) is 28.4 Å². The molecule has 24 heavy (non-hydrogen) atoms. The van der Waals surface area contributed by atoms with Crippen LogP contribution in [0.25, 0.3) is 5.69 Å². The van der Waals surface area contributed by atoms with Gasteiger partial charge in [-0.15, -0.1) is 0 Å². The van der Waals surface area contributed by atoms with Gasteiger partial charge in [-0.2, -0.15) is 5.10 Å². The van der Waals surface area contributed by atoms with Crippen molar-refractivity contribution in [1.29, 1.82) is 0 Å². The predicted molar refractivity (Wildman–Crippen MR) is 89.4 cm³/mol. The van der Waals surface area contributed by atoms with Crippen molar-refractivity contribution in [3.05, 3.63) is 41.2 Å². The molecule has 0 unspecified atom stereocenters. The van der Waals surface area contributed by atoms with Crippen LogP contribution in [-0.2, 0) is 4.74 Å². The molecule has 2 aromatic rings. The third-order valence-electron chi connectivity index (χ3n) is 4.39. The molecule has 7 nitrogen and oxygen atoms in total. The van der Waals surface area contributed by atoms with E-state index in [0.29, 0.717) is 19.8 Å². The Morgan fingerprint density at radius 3 is 2.92 bits per heavy atom. The van der Waals surface area contributed by atoms with Gasteiger partial charge in [0.25, 0.3) is 0 Å². The quantitative estimate of drug-likeness (QED) is 0.932. The van der Waals surface area contributed by atoms with Crippen LogP contribution in [0.4, 0.5) is 4.79 Å². The lowest BCUT2D eigenvalue weighted by Crippen LogP contribution is -2.46. The van der Waals surface area contributed by atoms with Crippen LogP contribution in [0.5, 0.6) is 5.75 Å². The van der Waals surface area contributed by atoms with Crippen molar-refractivity contribution in [2.75, 3.05) is 26.9 Å². The van der Waals surface area contributed by atoms with Gasteiger partial charge in [0.2, 0.25) is 0 Å². The smallest absolute Gasteiger partial charge is 0.315 e. The Bertz CT molecular complexity index is 756. The highest BCUT2D eigenvalue weighted by atomic mass is 16.5. The molecule has 2 N–H and O–H groups in total. The number of morpholine rings is 1. The first-order valence-electron chi connectivity index (χ1n) is 7.87. The van der Waals surface area contributed by atoms with E-state index >= 15 is 0 Å². The number of nitrogens with zero attached hydrogens (tertiary/aromatic N) is 3. The summed E-state index contributed by atoms with van der Waals surface area (Å²) in [7, 11) is 1.63. The van der Waals surface area contributed by atoms with E-state index in [2.05, 4.69) is 5.10 Å². The molecule has 1 aliphatic rings. The fraction of sp³-hybridized carbons (Fsp3) is 0.412. The Balaban J connectivity index is 2.04. The number of nitrogens with two attached hydrogens (primary N) is 1. The Hall–Kier alpha value is -2.54. The molecule has 0 bridgehead atoms. The van der Waals surface area contributed by atoms with E-state index < -0.39 is 6.03 Å². The third-order valence-corrected chi connectivity index (χ3v) is 4.39. The van der Waals surface area contributed by atoms with Crippen LogP contribution < -0.4 is 10.5 Å². The summed E-state index contributed by atoms with van der Waals surface area (Å²) in [6.45, 7) is 5.34. The van der Waals surface area contributed by atoms with Gasteiger partial charge in [0.15, 0.2) is 0 Å². The van der Waals surface area contributed by atoms with Crippen molar-refractivity contribution in [1.82, 2.24) is 14.7 Å². The van der Waals surface area contributed by atoms with E-state index in [4.69, 9.17) is 15.2 Å². The lowest BCUT2D eigenvalue weighted by atomic mass is 10.0. The maximum Gasteiger partial charge on any atom is 0.315 e. The Morgan fingerprint density at radius 1 is 1.42 bits per heavy atom. The lowest BCUT2D eigenvalue weighted by Gasteiger charge is -2.34. The second-order valence-electron chi connectivity index (χ2n) is 5.82. The molecule has 3 rings (SSSR count). The zero-order valence-electron chi connectivity index (χ0n) is 14.2. The number of rotatable bonds is 3. The summed E-state index contributed by atoms with van der Waals surface area (Å²) in [6, 6.07) is 7.05. The average Bonchev–Trinajstić information content (AvgIpc) is 2.89. The third kappa shape index (κ3) is 2.82.